The lowest BCUT2D eigenvalue weighted by atomic mass is 10.0. The first-order valence-corrected chi connectivity index (χ1v) is 5.81. The van der Waals surface area contributed by atoms with E-state index in [1.165, 1.54) is 14.2 Å². The van der Waals surface area contributed by atoms with E-state index in [2.05, 4.69) is 0 Å². The Morgan fingerprint density at radius 1 is 1.24 bits per heavy atom. The van der Waals surface area contributed by atoms with E-state index in [0.29, 0.717) is 11.5 Å². The van der Waals surface area contributed by atoms with Crippen LogP contribution < -0.4 is 15.2 Å². The van der Waals surface area contributed by atoms with Crippen molar-refractivity contribution in [2.45, 2.75) is 31.2 Å². The lowest BCUT2D eigenvalue weighted by Gasteiger charge is -2.13. The quantitative estimate of drug-likeness (QED) is 0.820. The number of nitrogens with two attached hydrogens (primary N) is 1. The minimum absolute atomic E-state index is 0.0400. The van der Waals surface area contributed by atoms with Crippen LogP contribution in [0.1, 0.15) is 24.8 Å². The van der Waals surface area contributed by atoms with Gasteiger partial charge in [-0.2, -0.15) is 0 Å². The van der Waals surface area contributed by atoms with Crippen molar-refractivity contribution in [3.05, 3.63) is 17.7 Å². The number of rotatable bonds is 5. The van der Waals surface area contributed by atoms with Crippen molar-refractivity contribution in [1.82, 2.24) is 0 Å². The summed E-state index contributed by atoms with van der Waals surface area (Å²) in [6.45, 7) is 0. The number of ether oxygens (including phenoxy) is 2. The molecular weight excluding hydrogens is 218 g/mol. The molecule has 0 atom stereocenters. The van der Waals surface area contributed by atoms with E-state index in [1.807, 2.05) is 12.1 Å². The van der Waals surface area contributed by atoms with Crippen LogP contribution in [-0.4, -0.2) is 24.9 Å². The number of hydrogen-bond acceptors (Lipinski definition) is 4. The fourth-order valence-corrected chi connectivity index (χ4v) is 1.90. The molecule has 0 unspecified atom stereocenters. The number of methoxy groups -OCH3 is 2. The number of aryl methyl sites for hydroxylation is 1. The molecule has 4 heteroatoms. The van der Waals surface area contributed by atoms with Crippen LogP contribution in [0.5, 0.6) is 17.2 Å². The van der Waals surface area contributed by atoms with Gasteiger partial charge in [0.2, 0.25) is 5.75 Å². The van der Waals surface area contributed by atoms with Crippen molar-refractivity contribution < 1.29 is 14.6 Å². The minimum Gasteiger partial charge on any atom is -0.502 e. The van der Waals surface area contributed by atoms with Gasteiger partial charge in [-0.05, 0) is 43.4 Å². The second-order valence-corrected chi connectivity index (χ2v) is 4.71. The first kappa shape index (κ1) is 12.0. The first-order valence-electron chi connectivity index (χ1n) is 5.81. The van der Waals surface area contributed by atoms with E-state index in [0.717, 1.165) is 31.2 Å². The molecule has 1 aromatic carbocycles. The Balaban J connectivity index is 2.15. The molecule has 1 saturated carbocycles. The van der Waals surface area contributed by atoms with E-state index in [9.17, 15) is 5.11 Å². The molecule has 4 nitrogen and oxygen atoms in total. The van der Waals surface area contributed by atoms with Gasteiger partial charge in [-0.1, -0.05) is 0 Å². The molecule has 0 spiro atoms. The Kier molecular flexibility index (Phi) is 3.15. The van der Waals surface area contributed by atoms with Gasteiger partial charge in [-0.25, -0.2) is 0 Å². The normalized spacial score (nSPS) is 16.6. The maximum absolute atomic E-state index is 9.78. The summed E-state index contributed by atoms with van der Waals surface area (Å²) in [6.07, 6.45) is 4.06. The minimum atomic E-state index is 0.0400. The van der Waals surface area contributed by atoms with E-state index < -0.39 is 0 Å². The molecule has 0 saturated heterocycles. The van der Waals surface area contributed by atoms with Gasteiger partial charge < -0.3 is 20.3 Å². The van der Waals surface area contributed by atoms with Gasteiger partial charge in [-0.3, -0.25) is 0 Å². The average molecular weight is 237 g/mol. The predicted molar refractivity (Wildman–Crippen MR) is 65.7 cm³/mol. The Morgan fingerprint density at radius 2 is 1.76 bits per heavy atom. The van der Waals surface area contributed by atoms with Crippen LogP contribution in [0.2, 0.25) is 0 Å². The highest BCUT2D eigenvalue weighted by molar-refractivity contribution is 5.52. The largest absolute Gasteiger partial charge is 0.502 e. The van der Waals surface area contributed by atoms with Crippen molar-refractivity contribution in [3.8, 4) is 17.2 Å². The topological polar surface area (TPSA) is 64.7 Å². The van der Waals surface area contributed by atoms with Gasteiger partial charge in [-0.15, -0.1) is 0 Å². The van der Waals surface area contributed by atoms with Gasteiger partial charge in [0.1, 0.15) is 0 Å². The SMILES string of the molecule is COc1cc(CCC2(N)CC2)cc(OC)c1O. The number of benzene rings is 1. The first-order chi connectivity index (χ1) is 8.08. The van der Waals surface area contributed by atoms with Crippen molar-refractivity contribution in [3.63, 3.8) is 0 Å². The Morgan fingerprint density at radius 3 is 2.18 bits per heavy atom. The second-order valence-electron chi connectivity index (χ2n) is 4.71. The van der Waals surface area contributed by atoms with Gasteiger partial charge in [0.15, 0.2) is 11.5 Å². The highest BCUT2D eigenvalue weighted by atomic mass is 16.5. The molecule has 1 aromatic rings. The fourth-order valence-electron chi connectivity index (χ4n) is 1.90. The van der Waals surface area contributed by atoms with Crippen LogP contribution in [0, 0.1) is 0 Å². The number of hydrogen-bond donors (Lipinski definition) is 2. The summed E-state index contributed by atoms with van der Waals surface area (Å²) in [4.78, 5) is 0. The monoisotopic (exact) mass is 237 g/mol. The smallest absolute Gasteiger partial charge is 0.200 e. The average Bonchev–Trinajstić information content (AvgIpc) is 3.06. The molecule has 0 aliphatic heterocycles. The molecule has 1 aliphatic carbocycles. The molecular formula is C13H19NO3. The summed E-state index contributed by atoms with van der Waals surface area (Å²) in [6, 6.07) is 3.67. The van der Waals surface area contributed by atoms with Crippen LogP contribution >= 0.6 is 0 Å². The third-order valence-electron chi connectivity index (χ3n) is 3.34. The number of phenolic OH excluding ortho intramolecular Hbond substituents is 1. The maximum Gasteiger partial charge on any atom is 0.200 e. The van der Waals surface area contributed by atoms with E-state index in [4.69, 9.17) is 15.2 Å². The molecule has 0 aromatic heterocycles. The lowest BCUT2D eigenvalue weighted by Crippen LogP contribution is -2.22. The molecule has 1 aliphatic rings. The zero-order chi connectivity index (χ0) is 12.5. The van der Waals surface area contributed by atoms with Crippen LogP contribution in [0.3, 0.4) is 0 Å². The van der Waals surface area contributed by atoms with Crippen LogP contribution in [0.15, 0.2) is 12.1 Å². The van der Waals surface area contributed by atoms with Crippen LogP contribution in [0.25, 0.3) is 0 Å². The highest BCUT2D eigenvalue weighted by Crippen LogP contribution is 2.40. The summed E-state index contributed by atoms with van der Waals surface area (Å²) in [7, 11) is 3.06. The molecule has 0 amide bonds. The molecule has 3 N–H and O–H groups in total. The van der Waals surface area contributed by atoms with Crippen LogP contribution in [0.4, 0.5) is 0 Å². The second kappa shape index (κ2) is 4.45. The van der Waals surface area contributed by atoms with Gasteiger partial charge in [0, 0.05) is 5.54 Å². The van der Waals surface area contributed by atoms with Gasteiger partial charge >= 0.3 is 0 Å². The summed E-state index contributed by atoms with van der Waals surface area (Å²) in [5.41, 5.74) is 7.17. The summed E-state index contributed by atoms with van der Waals surface area (Å²) >= 11 is 0. The number of phenols is 1. The predicted octanol–water partition coefficient (Wildman–Crippen LogP) is 1.83. The molecule has 94 valence electrons. The fraction of sp³-hybridized carbons (Fsp3) is 0.538. The van der Waals surface area contributed by atoms with Gasteiger partial charge in [0.25, 0.3) is 0 Å². The molecule has 0 heterocycles. The maximum atomic E-state index is 9.78. The summed E-state index contributed by atoms with van der Waals surface area (Å²) in [5, 5.41) is 9.78. The summed E-state index contributed by atoms with van der Waals surface area (Å²) in [5.74, 6) is 0.940. The van der Waals surface area contributed by atoms with E-state index in [-0.39, 0.29) is 11.3 Å². The van der Waals surface area contributed by atoms with E-state index in [1.54, 1.807) is 0 Å². The third kappa shape index (κ3) is 2.64. The Hall–Kier alpha value is -1.42. The molecule has 17 heavy (non-hydrogen) atoms. The highest BCUT2D eigenvalue weighted by Gasteiger charge is 2.37. The Bertz CT molecular complexity index is 388. The van der Waals surface area contributed by atoms with Crippen molar-refractivity contribution >= 4 is 0 Å². The van der Waals surface area contributed by atoms with Crippen molar-refractivity contribution in [2.75, 3.05) is 14.2 Å². The van der Waals surface area contributed by atoms with Crippen molar-refractivity contribution in [1.29, 1.82) is 0 Å². The molecule has 0 radical (unpaired) electrons. The molecule has 0 bridgehead atoms. The Labute approximate surface area is 101 Å². The lowest BCUT2D eigenvalue weighted by molar-refractivity contribution is 0.339. The van der Waals surface area contributed by atoms with Gasteiger partial charge in [0.05, 0.1) is 14.2 Å². The number of aromatic hydroxyl groups is 1. The summed E-state index contributed by atoms with van der Waals surface area (Å²) < 4.78 is 10.2. The third-order valence-corrected chi connectivity index (χ3v) is 3.34. The zero-order valence-electron chi connectivity index (χ0n) is 10.3. The zero-order valence-corrected chi connectivity index (χ0v) is 10.3. The molecule has 1 fully saturated rings. The standard InChI is InChI=1S/C13H19NO3/c1-16-10-7-9(3-4-13(14)5-6-13)8-11(17-2)12(10)15/h7-8,15H,3-6,14H2,1-2H3. The molecule has 2 rings (SSSR count). The van der Waals surface area contributed by atoms with Crippen LogP contribution in [-0.2, 0) is 6.42 Å². The van der Waals surface area contributed by atoms with Crippen molar-refractivity contribution in [2.24, 2.45) is 5.73 Å². The van der Waals surface area contributed by atoms with E-state index >= 15 is 0 Å².